The molecule has 0 atom stereocenters. The summed E-state index contributed by atoms with van der Waals surface area (Å²) in [5, 5.41) is 0.654. The SMILES string of the molecule is Cc1nc(N2CCN(CC3CCCC3)C2=O)sc1C(=O)CCc1cccnc1. The molecule has 3 heterocycles. The van der Waals surface area contributed by atoms with Gasteiger partial charge in [0.1, 0.15) is 0 Å². The summed E-state index contributed by atoms with van der Waals surface area (Å²) < 4.78 is 0. The third kappa shape index (κ3) is 4.09. The van der Waals surface area contributed by atoms with Gasteiger partial charge in [-0.15, -0.1) is 0 Å². The zero-order chi connectivity index (χ0) is 19.5. The number of thiazole rings is 1. The van der Waals surface area contributed by atoms with Gasteiger partial charge >= 0.3 is 6.03 Å². The van der Waals surface area contributed by atoms with E-state index in [0.29, 0.717) is 35.3 Å². The molecule has 1 saturated carbocycles. The second-order valence-corrected chi connectivity index (χ2v) is 8.70. The number of anilines is 1. The van der Waals surface area contributed by atoms with Crippen molar-refractivity contribution < 1.29 is 9.59 Å². The van der Waals surface area contributed by atoms with Crippen molar-refractivity contribution >= 4 is 28.3 Å². The van der Waals surface area contributed by atoms with Crippen molar-refractivity contribution in [1.29, 1.82) is 0 Å². The first-order valence-electron chi connectivity index (χ1n) is 10.1. The number of carbonyl (C=O) groups is 2. The second-order valence-electron chi connectivity index (χ2n) is 7.73. The molecule has 1 aliphatic carbocycles. The number of nitrogens with zero attached hydrogens (tertiary/aromatic N) is 4. The average molecular weight is 399 g/mol. The van der Waals surface area contributed by atoms with Crippen LogP contribution in [0.5, 0.6) is 0 Å². The Labute approximate surface area is 169 Å². The van der Waals surface area contributed by atoms with E-state index in [0.717, 1.165) is 24.3 Å². The fourth-order valence-corrected chi connectivity index (χ4v) is 5.16. The maximum absolute atomic E-state index is 12.8. The molecule has 148 valence electrons. The lowest BCUT2D eigenvalue weighted by molar-refractivity contribution is 0.0986. The molecule has 2 aliphatic rings. The van der Waals surface area contributed by atoms with Crippen LogP contribution in [0.2, 0.25) is 0 Å². The Morgan fingerprint density at radius 2 is 2.11 bits per heavy atom. The van der Waals surface area contributed by atoms with Crippen molar-refractivity contribution in [1.82, 2.24) is 14.9 Å². The maximum atomic E-state index is 12.8. The quantitative estimate of drug-likeness (QED) is 0.659. The minimum Gasteiger partial charge on any atom is -0.322 e. The predicted molar refractivity (Wildman–Crippen MR) is 110 cm³/mol. The molecule has 2 amide bonds. The Morgan fingerprint density at radius 1 is 1.29 bits per heavy atom. The summed E-state index contributed by atoms with van der Waals surface area (Å²) in [6.45, 7) is 4.12. The van der Waals surface area contributed by atoms with E-state index in [4.69, 9.17) is 0 Å². The summed E-state index contributed by atoms with van der Waals surface area (Å²) in [5.41, 5.74) is 1.77. The smallest absolute Gasteiger partial charge is 0.322 e. The monoisotopic (exact) mass is 398 g/mol. The van der Waals surface area contributed by atoms with Crippen LogP contribution in [0, 0.1) is 12.8 Å². The molecule has 1 saturated heterocycles. The fourth-order valence-electron chi connectivity index (χ4n) is 4.11. The normalized spacial score (nSPS) is 17.7. The largest absolute Gasteiger partial charge is 0.326 e. The number of hydrogen-bond acceptors (Lipinski definition) is 5. The van der Waals surface area contributed by atoms with Crippen LogP contribution in [0.25, 0.3) is 0 Å². The van der Waals surface area contributed by atoms with Crippen molar-refractivity contribution in [2.24, 2.45) is 5.92 Å². The molecule has 7 heteroatoms. The number of amides is 2. The number of aromatic nitrogens is 2. The van der Waals surface area contributed by atoms with E-state index in [2.05, 4.69) is 9.97 Å². The summed E-state index contributed by atoms with van der Waals surface area (Å²) in [4.78, 5) is 38.5. The van der Waals surface area contributed by atoms with Gasteiger partial charge in [-0.1, -0.05) is 30.2 Å². The van der Waals surface area contributed by atoms with Crippen LogP contribution in [0.15, 0.2) is 24.5 Å². The minimum atomic E-state index is 0.0370. The first-order chi connectivity index (χ1) is 13.6. The van der Waals surface area contributed by atoms with Crippen LogP contribution in [0.4, 0.5) is 9.93 Å². The number of pyridine rings is 1. The number of carbonyl (C=O) groups excluding carboxylic acids is 2. The molecule has 0 unspecified atom stereocenters. The molecule has 0 N–H and O–H groups in total. The first-order valence-corrected chi connectivity index (χ1v) is 10.9. The number of rotatable bonds is 7. The highest BCUT2D eigenvalue weighted by Crippen LogP contribution is 2.31. The van der Waals surface area contributed by atoms with Crippen LogP contribution < -0.4 is 4.90 Å². The lowest BCUT2D eigenvalue weighted by Gasteiger charge is -2.20. The van der Waals surface area contributed by atoms with Crippen molar-refractivity contribution in [3.05, 3.63) is 40.7 Å². The second kappa shape index (κ2) is 8.39. The van der Waals surface area contributed by atoms with Crippen molar-refractivity contribution in [2.45, 2.75) is 45.4 Å². The highest BCUT2D eigenvalue weighted by atomic mass is 32.1. The van der Waals surface area contributed by atoms with Gasteiger partial charge in [-0.3, -0.25) is 14.7 Å². The van der Waals surface area contributed by atoms with Crippen molar-refractivity contribution in [3.8, 4) is 0 Å². The van der Waals surface area contributed by atoms with Gasteiger partial charge in [-0.25, -0.2) is 9.78 Å². The van der Waals surface area contributed by atoms with E-state index in [1.54, 1.807) is 17.3 Å². The Kier molecular flexibility index (Phi) is 5.71. The Bertz CT molecular complexity index is 845. The molecule has 0 aromatic carbocycles. The van der Waals surface area contributed by atoms with E-state index in [1.165, 1.54) is 37.0 Å². The molecular formula is C21H26N4O2S. The van der Waals surface area contributed by atoms with E-state index in [1.807, 2.05) is 24.0 Å². The van der Waals surface area contributed by atoms with E-state index in [9.17, 15) is 9.59 Å². The van der Waals surface area contributed by atoms with Gasteiger partial charge in [0.05, 0.1) is 10.6 Å². The summed E-state index contributed by atoms with van der Waals surface area (Å²) >= 11 is 1.35. The standard InChI is InChI=1S/C21H26N4O2S/c1-15-19(18(26)9-8-16-7-4-10-22-13-16)28-20(23-15)25-12-11-24(21(25)27)14-17-5-2-3-6-17/h4,7,10,13,17H,2-3,5-6,8-9,11-12,14H2,1H3. The van der Waals surface area contributed by atoms with Crippen molar-refractivity contribution in [2.75, 3.05) is 24.5 Å². The van der Waals surface area contributed by atoms with Crippen LogP contribution in [0.1, 0.15) is 53.0 Å². The number of urea groups is 1. The number of hydrogen-bond donors (Lipinski definition) is 0. The Morgan fingerprint density at radius 3 is 2.86 bits per heavy atom. The molecule has 0 spiro atoms. The molecule has 2 fully saturated rings. The van der Waals surface area contributed by atoms with Gasteiger partial charge < -0.3 is 4.90 Å². The Hall–Kier alpha value is -2.28. The fraction of sp³-hybridized carbons (Fsp3) is 0.524. The van der Waals surface area contributed by atoms with E-state index >= 15 is 0 Å². The third-order valence-electron chi connectivity index (χ3n) is 5.68. The molecule has 28 heavy (non-hydrogen) atoms. The summed E-state index contributed by atoms with van der Waals surface area (Å²) in [5.74, 6) is 0.728. The van der Waals surface area contributed by atoms with Gasteiger partial charge in [-0.2, -0.15) is 0 Å². The Balaban J connectivity index is 1.39. The maximum Gasteiger partial charge on any atom is 0.326 e. The lowest BCUT2D eigenvalue weighted by Crippen LogP contribution is -2.34. The third-order valence-corrected chi connectivity index (χ3v) is 6.90. The van der Waals surface area contributed by atoms with Crippen LogP contribution in [0.3, 0.4) is 0 Å². The van der Waals surface area contributed by atoms with E-state index in [-0.39, 0.29) is 11.8 Å². The zero-order valence-corrected chi connectivity index (χ0v) is 17.1. The van der Waals surface area contributed by atoms with Crippen LogP contribution in [-0.2, 0) is 6.42 Å². The predicted octanol–water partition coefficient (Wildman–Crippen LogP) is 4.09. The van der Waals surface area contributed by atoms with Crippen LogP contribution >= 0.6 is 11.3 Å². The van der Waals surface area contributed by atoms with Gasteiger partial charge in [0.2, 0.25) is 0 Å². The molecule has 1 aliphatic heterocycles. The van der Waals surface area contributed by atoms with Gasteiger partial charge in [-0.05, 0) is 43.7 Å². The molecule has 2 aromatic heterocycles. The average Bonchev–Trinajstić information content (AvgIpc) is 3.43. The molecular weight excluding hydrogens is 372 g/mol. The van der Waals surface area contributed by atoms with Gasteiger partial charge in [0, 0.05) is 38.4 Å². The zero-order valence-electron chi connectivity index (χ0n) is 16.3. The first kappa shape index (κ1) is 19.1. The molecule has 0 radical (unpaired) electrons. The number of Topliss-reactive ketones (excluding diaryl/α,β-unsaturated/α-hetero) is 1. The molecule has 2 aromatic rings. The highest BCUT2D eigenvalue weighted by molar-refractivity contribution is 7.17. The summed E-state index contributed by atoms with van der Waals surface area (Å²) in [7, 11) is 0. The van der Waals surface area contributed by atoms with E-state index < -0.39 is 0 Å². The van der Waals surface area contributed by atoms with Gasteiger partial charge in [0.25, 0.3) is 0 Å². The van der Waals surface area contributed by atoms with Crippen molar-refractivity contribution in [3.63, 3.8) is 0 Å². The van der Waals surface area contributed by atoms with Crippen LogP contribution in [-0.4, -0.2) is 46.3 Å². The summed E-state index contributed by atoms with van der Waals surface area (Å²) in [6.07, 6.45) is 9.64. The minimum absolute atomic E-state index is 0.0370. The summed E-state index contributed by atoms with van der Waals surface area (Å²) in [6, 6.07) is 3.90. The highest BCUT2D eigenvalue weighted by Gasteiger charge is 2.34. The molecule has 0 bridgehead atoms. The molecule has 6 nitrogen and oxygen atoms in total. The van der Waals surface area contributed by atoms with Gasteiger partial charge in [0.15, 0.2) is 10.9 Å². The lowest BCUT2D eigenvalue weighted by atomic mass is 10.1. The number of aryl methyl sites for hydroxylation is 2. The number of ketones is 1. The molecule has 4 rings (SSSR count). The topological polar surface area (TPSA) is 66.4 Å².